The van der Waals surface area contributed by atoms with Gasteiger partial charge in [0.15, 0.2) is 0 Å². The number of nitrogens with zero attached hydrogens (tertiary/aromatic N) is 1. The van der Waals surface area contributed by atoms with Gasteiger partial charge in [-0.2, -0.15) is 0 Å². The smallest absolute Gasteiger partial charge is 0.0119 e. The first-order chi connectivity index (χ1) is 8.18. The summed E-state index contributed by atoms with van der Waals surface area (Å²) >= 11 is 0. The molecule has 1 saturated heterocycles. The number of hydrogen-bond donors (Lipinski definition) is 1. The van der Waals surface area contributed by atoms with Crippen LogP contribution in [0.4, 0.5) is 0 Å². The Morgan fingerprint density at radius 1 is 1.06 bits per heavy atom. The van der Waals surface area contributed by atoms with Gasteiger partial charge in [-0.25, -0.2) is 0 Å². The van der Waals surface area contributed by atoms with Gasteiger partial charge in [0.1, 0.15) is 0 Å². The first-order valence-electron chi connectivity index (χ1n) is 7.64. The van der Waals surface area contributed by atoms with Crippen molar-refractivity contribution in [3.05, 3.63) is 0 Å². The summed E-state index contributed by atoms with van der Waals surface area (Å²) in [6.07, 6.45) is 9.90. The molecule has 1 aliphatic heterocycles. The van der Waals surface area contributed by atoms with Gasteiger partial charge in [0, 0.05) is 19.1 Å². The Morgan fingerprint density at radius 3 is 2.53 bits per heavy atom. The summed E-state index contributed by atoms with van der Waals surface area (Å²) in [4.78, 5) is 2.63. The molecule has 2 fully saturated rings. The zero-order chi connectivity index (χ0) is 12.1. The van der Waals surface area contributed by atoms with Crippen LogP contribution in [0.3, 0.4) is 0 Å². The van der Waals surface area contributed by atoms with E-state index in [1.54, 1.807) is 0 Å². The van der Waals surface area contributed by atoms with Crippen LogP contribution >= 0.6 is 0 Å². The Kier molecular flexibility index (Phi) is 4.87. The van der Waals surface area contributed by atoms with Gasteiger partial charge < -0.3 is 10.2 Å². The molecule has 0 bridgehead atoms. The minimum absolute atomic E-state index is 0.514. The van der Waals surface area contributed by atoms with Crippen LogP contribution in [0.25, 0.3) is 0 Å². The molecule has 0 aromatic rings. The molecule has 0 spiro atoms. The molecule has 0 radical (unpaired) electrons. The van der Waals surface area contributed by atoms with E-state index < -0.39 is 0 Å². The molecular formula is C15H30N2. The molecule has 1 saturated carbocycles. The summed E-state index contributed by atoms with van der Waals surface area (Å²) in [5.41, 5.74) is 0.514. The minimum atomic E-state index is 0.514. The lowest BCUT2D eigenvalue weighted by molar-refractivity contribution is 0.157. The lowest BCUT2D eigenvalue weighted by Gasteiger charge is -2.39. The van der Waals surface area contributed by atoms with Crippen molar-refractivity contribution >= 4 is 0 Å². The highest BCUT2D eigenvalue weighted by Gasteiger charge is 2.31. The highest BCUT2D eigenvalue weighted by Crippen LogP contribution is 2.35. The second kappa shape index (κ2) is 6.19. The number of piperidine rings is 1. The SMILES string of the molecule is CC1(C)CCCCC1NCCN1CCCCC1. The maximum Gasteiger partial charge on any atom is 0.0119 e. The van der Waals surface area contributed by atoms with E-state index in [0.29, 0.717) is 5.41 Å². The Bertz CT molecular complexity index is 219. The Balaban J connectivity index is 1.66. The molecule has 100 valence electrons. The van der Waals surface area contributed by atoms with Crippen molar-refractivity contribution in [2.45, 2.75) is 64.8 Å². The second-order valence-corrected chi connectivity index (χ2v) is 6.64. The molecule has 1 heterocycles. The maximum absolute atomic E-state index is 3.82. The van der Waals surface area contributed by atoms with Crippen LogP contribution in [-0.2, 0) is 0 Å². The summed E-state index contributed by atoms with van der Waals surface area (Å²) < 4.78 is 0. The molecule has 2 rings (SSSR count). The Hall–Kier alpha value is -0.0800. The van der Waals surface area contributed by atoms with E-state index in [1.165, 1.54) is 71.1 Å². The standard InChI is InChI=1S/C15H30N2/c1-15(2)9-5-4-8-14(15)16-10-13-17-11-6-3-7-12-17/h14,16H,3-13H2,1-2H3. The van der Waals surface area contributed by atoms with Gasteiger partial charge in [-0.15, -0.1) is 0 Å². The van der Waals surface area contributed by atoms with Crippen molar-refractivity contribution in [3.63, 3.8) is 0 Å². The summed E-state index contributed by atoms with van der Waals surface area (Å²) in [5.74, 6) is 0. The quantitative estimate of drug-likeness (QED) is 0.810. The largest absolute Gasteiger partial charge is 0.312 e. The van der Waals surface area contributed by atoms with Gasteiger partial charge in [-0.1, -0.05) is 33.1 Å². The van der Waals surface area contributed by atoms with Gasteiger partial charge in [0.05, 0.1) is 0 Å². The van der Waals surface area contributed by atoms with Crippen LogP contribution in [0.1, 0.15) is 58.8 Å². The van der Waals surface area contributed by atoms with Crippen molar-refractivity contribution in [1.82, 2.24) is 10.2 Å². The summed E-state index contributed by atoms with van der Waals surface area (Å²) in [5, 5.41) is 3.82. The molecule has 17 heavy (non-hydrogen) atoms. The van der Waals surface area contributed by atoms with Gasteiger partial charge in [0.2, 0.25) is 0 Å². The molecule has 1 aliphatic carbocycles. The third-order valence-electron chi connectivity index (χ3n) is 4.77. The van der Waals surface area contributed by atoms with Crippen LogP contribution in [0.15, 0.2) is 0 Å². The molecule has 0 amide bonds. The van der Waals surface area contributed by atoms with Gasteiger partial charge in [-0.05, 0) is 44.2 Å². The predicted octanol–water partition coefficient (Wildman–Crippen LogP) is 3.03. The minimum Gasteiger partial charge on any atom is -0.312 e. The van der Waals surface area contributed by atoms with Crippen LogP contribution in [0.5, 0.6) is 0 Å². The van der Waals surface area contributed by atoms with E-state index in [2.05, 4.69) is 24.1 Å². The topological polar surface area (TPSA) is 15.3 Å². The molecule has 0 aromatic carbocycles. The van der Waals surface area contributed by atoms with Crippen LogP contribution in [0, 0.1) is 5.41 Å². The van der Waals surface area contributed by atoms with E-state index in [-0.39, 0.29) is 0 Å². The third-order valence-corrected chi connectivity index (χ3v) is 4.77. The average molecular weight is 238 g/mol. The first kappa shape index (κ1) is 13.4. The Morgan fingerprint density at radius 2 is 1.82 bits per heavy atom. The normalized spacial score (nSPS) is 30.4. The maximum atomic E-state index is 3.82. The van der Waals surface area contributed by atoms with Crippen LogP contribution < -0.4 is 5.32 Å². The van der Waals surface area contributed by atoms with Crippen molar-refractivity contribution in [2.75, 3.05) is 26.2 Å². The molecule has 2 nitrogen and oxygen atoms in total. The molecule has 2 heteroatoms. The van der Waals surface area contributed by atoms with Gasteiger partial charge >= 0.3 is 0 Å². The fraction of sp³-hybridized carbons (Fsp3) is 1.00. The number of hydrogen-bond acceptors (Lipinski definition) is 2. The van der Waals surface area contributed by atoms with E-state index in [4.69, 9.17) is 0 Å². The third kappa shape index (κ3) is 3.96. The van der Waals surface area contributed by atoms with Crippen molar-refractivity contribution in [3.8, 4) is 0 Å². The van der Waals surface area contributed by atoms with E-state index in [0.717, 1.165) is 6.04 Å². The Labute approximate surface area is 107 Å². The lowest BCUT2D eigenvalue weighted by Crippen LogP contribution is -2.47. The average Bonchev–Trinajstić information content (AvgIpc) is 2.32. The monoisotopic (exact) mass is 238 g/mol. The van der Waals surface area contributed by atoms with Crippen LogP contribution in [-0.4, -0.2) is 37.1 Å². The first-order valence-corrected chi connectivity index (χ1v) is 7.64. The summed E-state index contributed by atoms with van der Waals surface area (Å²) in [6.45, 7) is 9.97. The van der Waals surface area contributed by atoms with E-state index >= 15 is 0 Å². The number of nitrogens with one attached hydrogen (secondary N) is 1. The van der Waals surface area contributed by atoms with E-state index in [1.807, 2.05) is 0 Å². The highest BCUT2D eigenvalue weighted by atomic mass is 15.1. The number of rotatable bonds is 4. The zero-order valence-electron chi connectivity index (χ0n) is 11.8. The van der Waals surface area contributed by atoms with E-state index in [9.17, 15) is 0 Å². The molecule has 1 unspecified atom stereocenters. The fourth-order valence-electron chi connectivity index (χ4n) is 3.45. The van der Waals surface area contributed by atoms with Crippen molar-refractivity contribution in [2.24, 2.45) is 5.41 Å². The summed E-state index contributed by atoms with van der Waals surface area (Å²) in [6, 6.07) is 0.751. The van der Waals surface area contributed by atoms with Crippen molar-refractivity contribution < 1.29 is 0 Å². The van der Waals surface area contributed by atoms with Crippen LogP contribution in [0.2, 0.25) is 0 Å². The second-order valence-electron chi connectivity index (χ2n) is 6.64. The molecule has 1 N–H and O–H groups in total. The highest BCUT2D eigenvalue weighted by molar-refractivity contribution is 4.88. The van der Waals surface area contributed by atoms with Crippen molar-refractivity contribution in [1.29, 1.82) is 0 Å². The predicted molar refractivity (Wildman–Crippen MR) is 74.3 cm³/mol. The summed E-state index contributed by atoms with van der Waals surface area (Å²) in [7, 11) is 0. The molecular weight excluding hydrogens is 208 g/mol. The zero-order valence-corrected chi connectivity index (χ0v) is 11.8. The molecule has 1 atom stereocenters. The van der Waals surface area contributed by atoms with Gasteiger partial charge in [0.25, 0.3) is 0 Å². The fourth-order valence-corrected chi connectivity index (χ4v) is 3.45. The molecule has 2 aliphatic rings. The number of likely N-dealkylation sites (tertiary alicyclic amines) is 1. The lowest BCUT2D eigenvalue weighted by atomic mass is 9.73. The molecule has 0 aromatic heterocycles. The van der Waals surface area contributed by atoms with Gasteiger partial charge in [-0.3, -0.25) is 0 Å².